The van der Waals surface area contributed by atoms with Crippen molar-refractivity contribution in [3.8, 4) is 0 Å². The summed E-state index contributed by atoms with van der Waals surface area (Å²) >= 11 is 0. The summed E-state index contributed by atoms with van der Waals surface area (Å²) in [6.07, 6.45) is 6.49. The first-order chi connectivity index (χ1) is 9.66. The fraction of sp³-hybridized carbons (Fsp3) is 0.471. The van der Waals surface area contributed by atoms with Crippen molar-refractivity contribution in [3.05, 3.63) is 47.5 Å². The van der Waals surface area contributed by atoms with Gasteiger partial charge in [0, 0.05) is 5.92 Å². The Hall–Kier alpha value is -1.61. The lowest BCUT2D eigenvalue weighted by Crippen LogP contribution is -2.60. The van der Waals surface area contributed by atoms with Gasteiger partial charge in [-0.1, -0.05) is 36.4 Å². The van der Waals surface area contributed by atoms with Gasteiger partial charge in [-0.25, -0.2) is 0 Å². The monoisotopic (exact) mass is 271 g/mol. The molecule has 0 aromatic heterocycles. The molecular formula is C17H21NO2. The van der Waals surface area contributed by atoms with Crippen LogP contribution in [-0.4, -0.2) is 18.6 Å². The maximum absolute atomic E-state index is 12.1. The molecule has 3 heteroatoms. The average molecular weight is 271 g/mol. The van der Waals surface area contributed by atoms with Crippen molar-refractivity contribution >= 4 is 5.97 Å². The summed E-state index contributed by atoms with van der Waals surface area (Å²) in [6, 6.07) is 8.18. The van der Waals surface area contributed by atoms with Crippen molar-refractivity contribution in [2.45, 2.75) is 38.3 Å². The van der Waals surface area contributed by atoms with Gasteiger partial charge in [-0.15, -0.1) is 0 Å². The van der Waals surface area contributed by atoms with Gasteiger partial charge in [0.15, 0.2) is 0 Å². The van der Waals surface area contributed by atoms with Crippen molar-refractivity contribution in [3.63, 3.8) is 0 Å². The van der Waals surface area contributed by atoms with Gasteiger partial charge in [0.05, 0.1) is 12.1 Å². The third kappa shape index (κ3) is 2.06. The predicted octanol–water partition coefficient (Wildman–Crippen LogP) is 2.69. The topological polar surface area (TPSA) is 38.3 Å². The van der Waals surface area contributed by atoms with E-state index < -0.39 is 0 Å². The van der Waals surface area contributed by atoms with Crippen LogP contribution in [0.3, 0.4) is 0 Å². The molecule has 0 saturated carbocycles. The van der Waals surface area contributed by atoms with E-state index >= 15 is 0 Å². The zero-order valence-electron chi connectivity index (χ0n) is 12.1. The van der Waals surface area contributed by atoms with E-state index in [2.05, 4.69) is 48.7 Å². The van der Waals surface area contributed by atoms with Crippen LogP contribution in [0, 0.1) is 12.8 Å². The van der Waals surface area contributed by atoms with Crippen molar-refractivity contribution in [1.29, 1.82) is 0 Å². The Balaban J connectivity index is 1.95. The molecule has 4 rings (SSSR count). The van der Waals surface area contributed by atoms with Gasteiger partial charge in [0.25, 0.3) is 0 Å². The molecule has 106 valence electrons. The summed E-state index contributed by atoms with van der Waals surface area (Å²) in [7, 11) is 0. The molecule has 0 amide bonds. The standard InChI is InChI=1S/C17H21NO2/c1-3-20-16(19)15-13-8-10-17(18-15,11-9-13)14-7-5-4-6-12(14)2/h4-8,10,13,15,18H,3,9,11H2,1-2H3. The molecule has 1 saturated heterocycles. The fourth-order valence-corrected chi connectivity index (χ4v) is 3.49. The second kappa shape index (κ2) is 5.06. The van der Waals surface area contributed by atoms with Crippen LogP contribution in [0.25, 0.3) is 0 Å². The number of esters is 1. The number of ether oxygens (including phenoxy) is 1. The molecule has 2 aliphatic heterocycles. The first kappa shape index (κ1) is 13.4. The van der Waals surface area contributed by atoms with Crippen LogP contribution in [0.5, 0.6) is 0 Å². The summed E-state index contributed by atoms with van der Waals surface area (Å²) in [5.41, 5.74) is 2.31. The number of benzene rings is 1. The fourth-order valence-electron chi connectivity index (χ4n) is 3.49. The first-order valence-corrected chi connectivity index (χ1v) is 7.36. The van der Waals surface area contributed by atoms with Crippen LogP contribution in [0.4, 0.5) is 0 Å². The van der Waals surface area contributed by atoms with E-state index in [4.69, 9.17) is 4.74 Å². The summed E-state index contributed by atoms with van der Waals surface area (Å²) in [4.78, 5) is 12.1. The molecule has 0 radical (unpaired) electrons. The molecule has 3 aliphatic rings. The highest BCUT2D eigenvalue weighted by Crippen LogP contribution is 2.42. The van der Waals surface area contributed by atoms with Gasteiger partial charge in [-0.3, -0.25) is 10.1 Å². The molecule has 2 bridgehead atoms. The van der Waals surface area contributed by atoms with Gasteiger partial charge in [-0.2, -0.15) is 0 Å². The van der Waals surface area contributed by atoms with Gasteiger partial charge in [0.2, 0.25) is 0 Å². The highest BCUT2D eigenvalue weighted by molar-refractivity contribution is 5.77. The van der Waals surface area contributed by atoms with E-state index in [-0.39, 0.29) is 23.5 Å². The number of hydrogen-bond donors (Lipinski definition) is 1. The highest BCUT2D eigenvalue weighted by Gasteiger charge is 2.46. The third-order valence-corrected chi connectivity index (χ3v) is 4.51. The molecular weight excluding hydrogens is 250 g/mol. The Morgan fingerprint density at radius 1 is 1.45 bits per heavy atom. The van der Waals surface area contributed by atoms with Gasteiger partial charge in [0.1, 0.15) is 6.04 Å². The number of aryl methyl sites for hydroxylation is 1. The van der Waals surface area contributed by atoms with Crippen molar-refractivity contribution in [1.82, 2.24) is 5.32 Å². The van der Waals surface area contributed by atoms with Crippen LogP contribution in [0.2, 0.25) is 0 Å². The smallest absolute Gasteiger partial charge is 0.323 e. The number of rotatable bonds is 3. The molecule has 20 heavy (non-hydrogen) atoms. The normalized spacial score (nSPS) is 31.3. The molecule has 1 aromatic carbocycles. The minimum Gasteiger partial charge on any atom is -0.465 e. The molecule has 1 N–H and O–H groups in total. The lowest BCUT2D eigenvalue weighted by atomic mass is 9.70. The SMILES string of the molecule is CCOC(=O)C1NC2(c3ccccc3C)C=CC1CC2. The molecule has 1 fully saturated rings. The third-order valence-electron chi connectivity index (χ3n) is 4.51. The molecule has 0 spiro atoms. The molecule has 3 atom stereocenters. The predicted molar refractivity (Wildman–Crippen MR) is 78.3 cm³/mol. The second-order valence-corrected chi connectivity index (χ2v) is 5.72. The summed E-state index contributed by atoms with van der Waals surface area (Å²) in [6.45, 7) is 4.41. The Labute approximate surface area is 120 Å². The lowest BCUT2D eigenvalue weighted by molar-refractivity contribution is -0.148. The summed E-state index contributed by atoms with van der Waals surface area (Å²) < 4.78 is 5.21. The number of fused-ring (bicyclic) bond motifs is 2. The zero-order chi connectivity index (χ0) is 14.2. The van der Waals surface area contributed by atoms with Gasteiger partial charge in [-0.05, 0) is 37.8 Å². The van der Waals surface area contributed by atoms with E-state index in [9.17, 15) is 4.79 Å². The van der Waals surface area contributed by atoms with Gasteiger partial charge >= 0.3 is 5.97 Å². The number of carbonyl (C=O) groups is 1. The largest absolute Gasteiger partial charge is 0.465 e. The van der Waals surface area contributed by atoms with Crippen molar-refractivity contribution in [2.24, 2.45) is 5.92 Å². The molecule has 2 heterocycles. The van der Waals surface area contributed by atoms with Crippen LogP contribution in [-0.2, 0) is 15.1 Å². The Kier molecular flexibility index (Phi) is 3.38. The van der Waals surface area contributed by atoms with Crippen LogP contribution in [0.15, 0.2) is 36.4 Å². The summed E-state index contributed by atoms with van der Waals surface area (Å²) in [5.74, 6) is 0.138. The Bertz CT molecular complexity index is 552. The number of nitrogens with one attached hydrogen (secondary N) is 1. The highest BCUT2D eigenvalue weighted by atomic mass is 16.5. The minimum atomic E-state index is -0.215. The lowest BCUT2D eigenvalue weighted by Gasteiger charge is -2.47. The zero-order valence-corrected chi connectivity index (χ0v) is 12.1. The maximum Gasteiger partial charge on any atom is 0.323 e. The van der Waals surface area contributed by atoms with Crippen LogP contribution >= 0.6 is 0 Å². The average Bonchev–Trinajstić information content (AvgIpc) is 2.49. The minimum absolute atomic E-state index is 0.125. The number of carbonyl (C=O) groups excluding carboxylic acids is 1. The van der Waals surface area contributed by atoms with Gasteiger partial charge < -0.3 is 4.74 Å². The Morgan fingerprint density at radius 2 is 2.25 bits per heavy atom. The molecule has 3 nitrogen and oxygen atoms in total. The molecule has 1 aromatic rings. The maximum atomic E-state index is 12.1. The number of hydrogen-bond acceptors (Lipinski definition) is 3. The second-order valence-electron chi connectivity index (χ2n) is 5.72. The first-order valence-electron chi connectivity index (χ1n) is 7.36. The quantitative estimate of drug-likeness (QED) is 0.678. The molecule has 1 aliphatic carbocycles. The van der Waals surface area contributed by atoms with Crippen molar-refractivity contribution in [2.75, 3.05) is 6.61 Å². The van der Waals surface area contributed by atoms with Crippen LogP contribution < -0.4 is 5.32 Å². The van der Waals surface area contributed by atoms with Crippen molar-refractivity contribution < 1.29 is 9.53 Å². The van der Waals surface area contributed by atoms with E-state index in [0.717, 1.165) is 12.8 Å². The summed E-state index contributed by atoms with van der Waals surface area (Å²) in [5, 5.41) is 3.55. The van der Waals surface area contributed by atoms with E-state index in [1.165, 1.54) is 11.1 Å². The van der Waals surface area contributed by atoms with E-state index in [1.54, 1.807) is 0 Å². The van der Waals surface area contributed by atoms with E-state index in [0.29, 0.717) is 6.61 Å². The van der Waals surface area contributed by atoms with E-state index in [1.807, 2.05) is 6.92 Å². The Morgan fingerprint density at radius 3 is 2.90 bits per heavy atom. The molecule has 3 unspecified atom stereocenters. The van der Waals surface area contributed by atoms with Crippen LogP contribution in [0.1, 0.15) is 30.9 Å². The number of piperidine rings is 1.